The summed E-state index contributed by atoms with van der Waals surface area (Å²) in [5, 5.41) is 0.257. The third-order valence-electron chi connectivity index (χ3n) is 6.43. The topological polar surface area (TPSA) is 70.2 Å². The fraction of sp³-hybridized carbons (Fsp3) is 0.458. The zero-order valence-corrected chi connectivity index (χ0v) is 20.7. The van der Waals surface area contributed by atoms with Gasteiger partial charge in [-0.3, -0.25) is 4.79 Å². The number of carbonyl (C=O) groups is 1. The van der Waals surface area contributed by atoms with Crippen molar-refractivity contribution in [1.82, 2.24) is 9.21 Å². The lowest BCUT2D eigenvalue weighted by molar-refractivity contribution is -0.137. The standard InChI is InChI=1S/C24H29ClFN3O4S/c1-2-33-23-8-7-21(17-22(23)25)34(31,32)29-11-9-18(10-12-29)24(30)28-15-13-27(14-16-28)20-5-3-19(26)4-6-20/h3-8,17-18H,2,9-16H2,1H3. The van der Waals surface area contributed by atoms with Crippen LogP contribution in [0.4, 0.5) is 10.1 Å². The van der Waals surface area contributed by atoms with Gasteiger partial charge in [0, 0.05) is 50.9 Å². The Bertz CT molecular complexity index is 1110. The Labute approximate surface area is 205 Å². The van der Waals surface area contributed by atoms with Crippen molar-refractivity contribution < 1.29 is 22.3 Å². The molecule has 184 valence electrons. The highest BCUT2D eigenvalue weighted by Gasteiger charge is 2.35. The van der Waals surface area contributed by atoms with Crippen molar-refractivity contribution in [1.29, 1.82) is 0 Å². The van der Waals surface area contributed by atoms with Gasteiger partial charge in [0.2, 0.25) is 15.9 Å². The Morgan fingerprint density at radius 2 is 1.68 bits per heavy atom. The maximum absolute atomic E-state index is 13.2. The van der Waals surface area contributed by atoms with Crippen molar-refractivity contribution in [3.05, 3.63) is 53.3 Å². The van der Waals surface area contributed by atoms with E-state index in [-0.39, 0.29) is 27.6 Å². The van der Waals surface area contributed by atoms with Gasteiger partial charge in [-0.25, -0.2) is 12.8 Å². The molecule has 0 N–H and O–H groups in total. The third kappa shape index (κ3) is 5.31. The van der Waals surface area contributed by atoms with Gasteiger partial charge >= 0.3 is 0 Å². The average Bonchev–Trinajstić information content (AvgIpc) is 2.85. The molecule has 0 aliphatic carbocycles. The molecule has 0 aromatic heterocycles. The van der Waals surface area contributed by atoms with Gasteiger partial charge in [0.15, 0.2) is 0 Å². The highest BCUT2D eigenvalue weighted by atomic mass is 35.5. The van der Waals surface area contributed by atoms with Crippen LogP contribution in [0.5, 0.6) is 5.75 Å². The zero-order chi connectivity index (χ0) is 24.3. The van der Waals surface area contributed by atoms with E-state index in [0.717, 1.165) is 5.69 Å². The monoisotopic (exact) mass is 509 g/mol. The van der Waals surface area contributed by atoms with Crippen LogP contribution < -0.4 is 9.64 Å². The molecular formula is C24H29ClFN3O4S. The number of rotatable bonds is 6. The first kappa shape index (κ1) is 24.8. The van der Waals surface area contributed by atoms with Gasteiger partial charge in [0.05, 0.1) is 16.5 Å². The van der Waals surface area contributed by atoms with Crippen molar-refractivity contribution in [2.45, 2.75) is 24.7 Å². The molecule has 2 saturated heterocycles. The molecule has 1 amide bonds. The molecular weight excluding hydrogens is 481 g/mol. The molecule has 0 bridgehead atoms. The van der Waals surface area contributed by atoms with Crippen molar-refractivity contribution in [2.24, 2.45) is 5.92 Å². The molecule has 0 unspecified atom stereocenters. The molecule has 2 aliphatic rings. The summed E-state index contributed by atoms with van der Waals surface area (Å²) in [4.78, 5) is 17.2. The van der Waals surface area contributed by atoms with Crippen LogP contribution in [0.25, 0.3) is 0 Å². The number of amides is 1. The number of nitrogens with zero attached hydrogens (tertiary/aromatic N) is 3. The average molecular weight is 510 g/mol. The van der Waals surface area contributed by atoms with Crippen LogP contribution in [0.15, 0.2) is 47.4 Å². The molecule has 2 aliphatic heterocycles. The molecule has 0 saturated carbocycles. The first-order valence-corrected chi connectivity index (χ1v) is 13.3. The number of piperazine rings is 1. The summed E-state index contributed by atoms with van der Waals surface area (Å²) in [5.41, 5.74) is 0.946. The summed E-state index contributed by atoms with van der Waals surface area (Å²) in [6.07, 6.45) is 0.974. The van der Waals surface area contributed by atoms with Gasteiger partial charge in [-0.1, -0.05) is 11.6 Å². The molecule has 7 nitrogen and oxygen atoms in total. The number of carbonyl (C=O) groups excluding carboxylic acids is 1. The molecule has 0 spiro atoms. The van der Waals surface area contributed by atoms with E-state index in [1.807, 2.05) is 11.8 Å². The van der Waals surface area contributed by atoms with Gasteiger partial charge in [-0.15, -0.1) is 0 Å². The minimum absolute atomic E-state index is 0.0833. The SMILES string of the molecule is CCOc1ccc(S(=O)(=O)N2CCC(C(=O)N3CCN(c4ccc(F)cc4)CC3)CC2)cc1Cl. The zero-order valence-electron chi connectivity index (χ0n) is 19.1. The smallest absolute Gasteiger partial charge is 0.243 e. The van der Waals surface area contributed by atoms with Crippen molar-refractivity contribution in [3.8, 4) is 5.75 Å². The van der Waals surface area contributed by atoms with Gasteiger partial charge in [-0.2, -0.15) is 4.31 Å². The number of hydrogen-bond acceptors (Lipinski definition) is 5. The van der Waals surface area contributed by atoms with Gasteiger partial charge in [0.25, 0.3) is 0 Å². The fourth-order valence-electron chi connectivity index (χ4n) is 4.50. The number of hydrogen-bond donors (Lipinski definition) is 0. The Hall–Kier alpha value is -2.36. The summed E-state index contributed by atoms with van der Waals surface area (Å²) in [6.45, 7) is 5.41. The second-order valence-corrected chi connectivity index (χ2v) is 10.8. The first-order chi connectivity index (χ1) is 16.3. The lowest BCUT2D eigenvalue weighted by Gasteiger charge is -2.39. The molecule has 34 heavy (non-hydrogen) atoms. The van der Waals surface area contributed by atoms with E-state index in [2.05, 4.69) is 4.90 Å². The molecule has 10 heteroatoms. The fourth-order valence-corrected chi connectivity index (χ4v) is 6.30. The van der Waals surface area contributed by atoms with Gasteiger partial charge in [-0.05, 0) is 62.2 Å². The normalized spacial score (nSPS) is 18.2. The van der Waals surface area contributed by atoms with Crippen LogP contribution in [0.2, 0.25) is 5.02 Å². The van der Waals surface area contributed by atoms with Crippen LogP contribution >= 0.6 is 11.6 Å². The molecule has 0 radical (unpaired) electrons. The van der Waals surface area contributed by atoms with Gasteiger partial charge < -0.3 is 14.5 Å². The van der Waals surface area contributed by atoms with E-state index >= 15 is 0 Å². The first-order valence-electron chi connectivity index (χ1n) is 11.5. The van der Waals surface area contributed by atoms with E-state index in [1.165, 1.54) is 28.6 Å². The Morgan fingerprint density at radius 1 is 1.03 bits per heavy atom. The van der Waals surface area contributed by atoms with Crippen LogP contribution in [-0.4, -0.2) is 69.4 Å². The van der Waals surface area contributed by atoms with Crippen LogP contribution in [0.3, 0.4) is 0 Å². The van der Waals surface area contributed by atoms with Gasteiger partial charge in [0.1, 0.15) is 11.6 Å². The third-order valence-corrected chi connectivity index (χ3v) is 8.62. The van der Waals surface area contributed by atoms with Crippen molar-refractivity contribution >= 4 is 33.2 Å². The Kier molecular flexibility index (Phi) is 7.64. The summed E-state index contributed by atoms with van der Waals surface area (Å²) in [5.74, 6) is 0.0798. The highest BCUT2D eigenvalue weighted by molar-refractivity contribution is 7.89. The number of anilines is 1. The van der Waals surface area contributed by atoms with Crippen molar-refractivity contribution in [2.75, 3.05) is 50.8 Å². The second-order valence-electron chi connectivity index (χ2n) is 8.49. The minimum atomic E-state index is -3.70. The molecule has 2 aromatic carbocycles. The predicted octanol–water partition coefficient (Wildman–Crippen LogP) is 3.63. The highest BCUT2D eigenvalue weighted by Crippen LogP contribution is 2.31. The van der Waals surface area contributed by atoms with Crippen LogP contribution in [-0.2, 0) is 14.8 Å². The van der Waals surface area contributed by atoms with Crippen LogP contribution in [0, 0.1) is 11.7 Å². The molecule has 2 fully saturated rings. The van der Waals surface area contributed by atoms with E-state index in [4.69, 9.17) is 16.3 Å². The van der Waals surface area contributed by atoms with E-state index < -0.39 is 10.0 Å². The maximum Gasteiger partial charge on any atom is 0.243 e. The predicted molar refractivity (Wildman–Crippen MR) is 129 cm³/mol. The lowest BCUT2D eigenvalue weighted by atomic mass is 9.96. The summed E-state index contributed by atoms with van der Waals surface area (Å²) in [6, 6.07) is 10.9. The Morgan fingerprint density at radius 3 is 2.26 bits per heavy atom. The summed E-state index contributed by atoms with van der Waals surface area (Å²) < 4.78 is 46.1. The Balaban J connectivity index is 1.31. The lowest BCUT2D eigenvalue weighted by Crippen LogP contribution is -2.52. The minimum Gasteiger partial charge on any atom is -0.492 e. The number of halogens is 2. The van der Waals surface area contributed by atoms with Crippen molar-refractivity contribution in [3.63, 3.8) is 0 Å². The number of benzene rings is 2. The second kappa shape index (κ2) is 10.5. The quantitative estimate of drug-likeness (QED) is 0.595. The summed E-state index contributed by atoms with van der Waals surface area (Å²) >= 11 is 6.18. The molecule has 2 aromatic rings. The van der Waals surface area contributed by atoms with E-state index in [1.54, 1.807) is 18.2 Å². The number of sulfonamides is 1. The maximum atomic E-state index is 13.2. The van der Waals surface area contributed by atoms with E-state index in [0.29, 0.717) is 64.5 Å². The van der Waals surface area contributed by atoms with Crippen LogP contribution in [0.1, 0.15) is 19.8 Å². The largest absolute Gasteiger partial charge is 0.492 e. The summed E-state index contributed by atoms with van der Waals surface area (Å²) in [7, 11) is -3.70. The van der Waals surface area contributed by atoms with E-state index in [9.17, 15) is 17.6 Å². The molecule has 4 rings (SSSR count). The molecule has 2 heterocycles. The molecule has 0 atom stereocenters. The number of piperidine rings is 1. The number of ether oxygens (including phenoxy) is 1.